The Hall–Kier alpha value is -1.25. The van der Waals surface area contributed by atoms with Crippen LogP contribution in [0.4, 0.5) is 8.78 Å². The van der Waals surface area contributed by atoms with E-state index in [9.17, 15) is 17.2 Å². The number of nitrogens with two attached hydrogens (primary N) is 1. The molecule has 0 bridgehead atoms. The summed E-state index contributed by atoms with van der Waals surface area (Å²) in [6, 6.07) is 1.20. The molecule has 0 amide bonds. The van der Waals surface area contributed by atoms with Crippen LogP contribution in [0.25, 0.3) is 0 Å². The maximum atomic E-state index is 13.5. The molecule has 5 nitrogen and oxygen atoms in total. The van der Waals surface area contributed by atoms with Crippen LogP contribution in [0.5, 0.6) is 5.75 Å². The summed E-state index contributed by atoms with van der Waals surface area (Å²) in [5.41, 5.74) is 0. The van der Waals surface area contributed by atoms with Crippen molar-refractivity contribution >= 4 is 10.0 Å². The van der Waals surface area contributed by atoms with E-state index in [1.54, 1.807) is 6.92 Å². The molecule has 0 aliphatic rings. The smallest absolute Gasteiger partial charge is 0.238 e. The molecule has 1 aromatic rings. The van der Waals surface area contributed by atoms with Crippen LogP contribution in [0.1, 0.15) is 6.92 Å². The summed E-state index contributed by atoms with van der Waals surface area (Å²) < 4.78 is 58.6. The average molecular weight is 281 g/mol. The molecule has 0 aliphatic carbocycles. The number of rotatable bonds is 5. The Kier molecular flexibility index (Phi) is 4.60. The SMILES string of the molecule is COC(C)COc1c(F)cc(S(N)(=O)=O)cc1F. The Labute approximate surface area is 104 Å². The van der Waals surface area contributed by atoms with Crippen LogP contribution in [0.2, 0.25) is 0 Å². The highest BCUT2D eigenvalue weighted by Crippen LogP contribution is 2.25. The molecule has 0 fully saturated rings. The Bertz CT molecular complexity index is 510. The molecule has 0 aliphatic heterocycles. The molecular formula is C10H13F2NO4S. The zero-order valence-corrected chi connectivity index (χ0v) is 10.6. The van der Waals surface area contributed by atoms with Crippen LogP contribution < -0.4 is 9.88 Å². The molecule has 1 unspecified atom stereocenters. The predicted octanol–water partition coefficient (Wildman–Crippen LogP) is 1.03. The zero-order chi connectivity index (χ0) is 13.9. The van der Waals surface area contributed by atoms with Crippen LogP contribution in [0, 0.1) is 11.6 Å². The number of hydrogen-bond acceptors (Lipinski definition) is 4. The van der Waals surface area contributed by atoms with Gasteiger partial charge in [0, 0.05) is 7.11 Å². The van der Waals surface area contributed by atoms with Gasteiger partial charge in [0.15, 0.2) is 17.4 Å². The van der Waals surface area contributed by atoms with Crippen molar-refractivity contribution in [2.75, 3.05) is 13.7 Å². The minimum Gasteiger partial charge on any atom is -0.485 e. The van der Waals surface area contributed by atoms with E-state index in [2.05, 4.69) is 0 Å². The number of sulfonamides is 1. The van der Waals surface area contributed by atoms with Gasteiger partial charge in [0.25, 0.3) is 0 Å². The summed E-state index contributed by atoms with van der Waals surface area (Å²) in [5, 5.41) is 4.77. The second-order valence-corrected chi connectivity index (χ2v) is 5.18. The highest BCUT2D eigenvalue weighted by atomic mass is 32.2. The lowest BCUT2D eigenvalue weighted by atomic mass is 10.3. The van der Waals surface area contributed by atoms with Crippen molar-refractivity contribution in [2.45, 2.75) is 17.9 Å². The van der Waals surface area contributed by atoms with Crippen LogP contribution in [-0.4, -0.2) is 28.2 Å². The van der Waals surface area contributed by atoms with Crippen molar-refractivity contribution in [1.82, 2.24) is 0 Å². The molecular weight excluding hydrogens is 268 g/mol. The zero-order valence-electron chi connectivity index (χ0n) is 9.81. The van der Waals surface area contributed by atoms with Gasteiger partial charge in [0.1, 0.15) is 6.61 Å². The minimum atomic E-state index is -4.16. The van der Waals surface area contributed by atoms with Crippen molar-refractivity contribution in [3.8, 4) is 5.75 Å². The maximum Gasteiger partial charge on any atom is 0.238 e. The summed E-state index contributed by atoms with van der Waals surface area (Å²) >= 11 is 0. The third-order valence-corrected chi connectivity index (χ3v) is 3.06. The van der Waals surface area contributed by atoms with E-state index in [0.717, 1.165) is 0 Å². The molecule has 8 heteroatoms. The van der Waals surface area contributed by atoms with Crippen molar-refractivity contribution in [3.63, 3.8) is 0 Å². The molecule has 18 heavy (non-hydrogen) atoms. The molecule has 1 aromatic carbocycles. The number of hydrogen-bond donors (Lipinski definition) is 1. The number of halogens is 2. The number of ether oxygens (including phenoxy) is 2. The van der Waals surface area contributed by atoms with Crippen LogP contribution in [-0.2, 0) is 14.8 Å². The van der Waals surface area contributed by atoms with E-state index in [1.165, 1.54) is 7.11 Å². The van der Waals surface area contributed by atoms with Gasteiger partial charge in [0.05, 0.1) is 11.0 Å². The third-order valence-electron chi connectivity index (χ3n) is 2.17. The van der Waals surface area contributed by atoms with E-state index >= 15 is 0 Å². The summed E-state index contributed by atoms with van der Waals surface area (Å²) in [4.78, 5) is -0.648. The molecule has 2 N–H and O–H groups in total. The summed E-state index contributed by atoms with van der Waals surface area (Å²) in [6.45, 7) is 1.58. The van der Waals surface area contributed by atoms with Crippen molar-refractivity contribution in [3.05, 3.63) is 23.8 Å². The number of methoxy groups -OCH3 is 1. The molecule has 0 spiro atoms. The maximum absolute atomic E-state index is 13.5. The van der Waals surface area contributed by atoms with Crippen molar-refractivity contribution in [1.29, 1.82) is 0 Å². The van der Waals surface area contributed by atoms with Crippen LogP contribution in [0.15, 0.2) is 17.0 Å². The highest BCUT2D eigenvalue weighted by molar-refractivity contribution is 7.89. The third kappa shape index (κ3) is 3.62. The van der Waals surface area contributed by atoms with Gasteiger partial charge in [-0.3, -0.25) is 0 Å². The van der Waals surface area contributed by atoms with Gasteiger partial charge in [-0.25, -0.2) is 22.3 Å². The fourth-order valence-corrected chi connectivity index (χ4v) is 1.64. The van der Waals surface area contributed by atoms with E-state index in [-0.39, 0.29) is 12.7 Å². The fourth-order valence-electron chi connectivity index (χ4n) is 1.11. The van der Waals surface area contributed by atoms with Crippen molar-refractivity contribution in [2.24, 2.45) is 5.14 Å². The van der Waals surface area contributed by atoms with Gasteiger partial charge >= 0.3 is 0 Å². The molecule has 0 aromatic heterocycles. The van der Waals surface area contributed by atoms with Gasteiger partial charge in [-0.15, -0.1) is 0 Å². The average Bonchev–Trinajstić information content (AvgIpc) is 2.26. The molecule has 0 radical (unpaired) electrons. The quantitative estimate of drug-likeness (QED) is 0.874. The Morgan fingerprint density at radius 3 is 2.22 bits per heavy atom. The Morgan fingerprint density at radius 2 is 1.83 bits per heavy atom. The van der Waals surface area contributed by atoms with Gasteiger partial charge in [-0.2, -0.15) is 0 Å². The van der Waals surface area contributed by atoms with Crippen LogP contribution >= 0.6 is 0 Å². The summed E-state index contributed by atoms with van der Waals surface area (Å²) in [7, 11) is -2.74. The van der Waals surface area contributed by atoms with Gasteiger partial charge < -0.3 is 9.47 Å². The fraction of sp³-hybridized carbons (Fsp3) is 0.400. The topological polar surface area (TPSA) is 78.6 Å². The molecule has 102 valence electrons. The molecule has 0 heterocycles. The molecule has 1 atom stereocenters. The van der Waals surface area contributed by atoms with Gasteiger partial charge in [-0.1, -0.05) is 0 Å². The summed E-state index contributed by atoms with van der Waals surface area (Å²) in [5.74, 6) is -2.93. The largest absolute Gasteiger partial charge is 0.485 e. The second-order valence-electron chi connectivity index (χ2n) is 3.62. The van der Waals surface area contributed by atoms with Crippen LogP contribution in [0.3, 0.4) is 0 Å². The Balaban J connectivity index is 3.02. The minimum absolute atomic E-state index is 0.0704. The lowest BCUT2D eigenvalue weighted by Gasteiger charge is -2.13. The Morgan fingerprint density at radius 1 is 1.33 bits per heavy atom. The standard InChI is InChI=1S/C10H13F2NO4S/c1-6(16-2)5-17-10-8(11)3-7(4-9(10)12)18(13,14)15/h3-4,6H,5H2,1-2H3,(H2,13,14,15). The highest BCUT2D eigenvalue weighted by Gasteiger charge is 2.18. The summed E-state index contributed by atoms with van der Waals surface area (Å²) in [6.07, 6.45) is -0.360. The first-order valence-electron chi connectivity index (χ1n) is 4.93. The molecule has 0 saturated carbocycles. The normalized spacial score (nSPS) is 13.4. The monoisotopic (exact) mass is 281 g/mol. The first kappa shape index (κ1) is 14.8. The lowest BCUT2D eigenvalue weighted by Crippen LogP contribution is -2.18. The van der Waals surface area contributed by atoms with E-state index in [4.69, 9.17) is 14.6 Å². The second kappa shape index (κ2) is 5.59. The number of benzene rings is 1. The first-order chi connectivity index (χ1) is 8.25. The predicted molar refractivity (Wildman–Crippen MR) is 59.7 cm³/mol. The van der Waals surface area contributed by atoms with Gasteiger partial charge in [0.2, 0.25) is 10.0 Å². The van der Waals surface area contributed by atoms with Gasteiger partial charge in [-0.05, 0) is 19.1 Å². The van der Waals surface area contributed by atoms with E-state index in [1.807, 2.05) is 0 Å². The molecule has 1 rings (SSSR count). The molecule has 0 saturated heterocycles. The van der Waals surface area contributed by atoms with E-state index < -0.39 is 32.3 Å². The first-order valence-corrected chi connectivity index (χ1v) is 6.47. The van der Waals surface area contributed by atoms with E-state index in [0.29, 0.717) is 12.1 Å². The lowest BCUT2D eigenvalue weighted by molar-refractivity contribution is 0.0685. The number of primary sulfonamides is 1. The van der Waals surface area contributed by atoms with Crippen molar-refractivity contribution < 1.29 is 26.7 Å².